The van der Waals surface area contributed by atoms with Gasteiger partial charge in [-0.3, -0.25) is 4.98 Å². The van der Waals surface area contributed by atoms with Crippen LogP contribution >= 0.6 is 0 Å². The van der Waals surface area contributed by atoms with E-state index in [4.69, 9.17) is 4.98 Å². The Morgan fingerprint density at radius 1 is 1.35 bits per heavy atom. The predicted molar refractivity (Wildman–Crippen MR) is 80.6 cm³/mol. The number of rotatable bonds is 1. The first-order chi connectivity index (χ1) is 9.61. The Bertz CT molecular complexity index is 725. The molecule has 0 bridgehead atoms. The van der Waals surface area contributed by atoms with E-state index in [1.54, 1.807) is 0 Å². The highest BCUT2D eigenvalue weighted by molar-refractivity contribution is 5.87. The van der Waals surface area contributed by atoms with E-state index < -0.39 is 0 Å². The molecule has 3 nitrogen and oxygen atoms in total. The van der Waals surface area contributed by atoms with Gasteiger partial charge in [-0.15, -0.1) is 0 Å². The van der Waals surface area contributed by atoms with Crippen molar-refractivity contribution < 1.29 is 0 Å². The molecule has 2 aromatic rings. The van der Waals surface area contributed by atoms with Gasteiger partial charge in [-0.05, 0) is 43.1 Å². The van der Waals surface area contributed by atoms with Crippen LogP contribution in [-0.2, 0) is 19.4 Å². The van der Waals surface area contributed by atoms with E-state index in [2.05, 4.69) is 44.0 Å². The molecule has 0 saturated heterocycles. The van der Waals surface area contributed by atoms with Crippen LogP contribution in [0.3, 0.4) is 0 Å². The summed E-state index contributed by atoms with van der Waals surface area (Å²) < 4.78 is 0. The number of likely N-dealkylation sites (N-methyl/N-ethyl adjacent to an activating group) is 1. The second kappa shape index (κ2) is 4.88. The Kier molecular flexibility index (Phi) is 3.19. The molecule has 0 unspecified atom stereocenters. The maximum atomic E-state index is 9.19. The zero-order valence-corrected chi connectivity index (χ0v) is 12.3. The molecule has 3 heteroatoms. The van der Waals surface area contributed by atoms with Crippen LogP contribution in [0.15, 0.2) is 12.1 Å². The Morgan fingerprint density at radius 3 is 2.90 bits per heavy atom. The first-order valence-electron chi connectivity index (χ1n) is 7.08. The molecule has 0 amide bonds. The Labute approximate surface area is 119 Å². The summed E-state index contributed by atoms with van der Waals surface area (Å²) in [4.78, 5) is 7.22. The number of fused-ring (bicyclic) bond motifs is 2. The van der Waals surface area contributed by atoms with Gasteiger partial charge in [0.25, 0.3) is 0 Å². The number of hydrogen-bond donors (Lipinski definition) is 0. The number of pyridine rings is 1. The van der Waals surface area contributed by atoms with Gasteiger partial charge in [0.2, 0.25) is 0 Å². The summed E-state index contributed by atoms with van der Waals surface area (Å²) in [6.07, 6.45) is 1.45. The van der Waals surface area contributed by atoms with Crippen LogP contribution in [0, 0.1) is 25.2 Å². The van der Waals surface area contributed by atoms with Crippen LogP contribution in [0.4, 0.5) is 0 Å². The second-order valence-corrected chi connectivity index (χ2v) is 5.74. The molecule has 1 aliphatic heterocycles. The summed E-state index contributed by atoms with van der Waals surface area (Å²) in [5, 5.41) is 10.3. The third-order valence-corrected chi connectivity index (χ3v) is 4.40. The summed E-state index contributed by atoms with van der Waals surface area (Å²) in [7, 11) is 2.13. The van der Waals surface area contributed by atoms with E-state index in [1.165, 1.54) is 27.9 Å². The monoisotopic (exact) mass is 265 g/mol. The van der Waals surface area contributed by atoms with E-state index in [0.29, 0.717) is 6.42 Å². The average molecular weight is 265 g/mol. The van der Waals surface area contributed by atoms with Gasteiger partial charge in [0.1, 0.15) is 0 Å². The highest BCUT2D eigenvalue weighted by atomic mass is 15.1. The lowest BCUT2D eigenvalue weighted by Crippen LogP contribution is -2.28. The predicted octanol–water partition coefficient (Wildman–Crippen LogP) is 2.91. The third-order valence-electron chi connectivity index (χ3n) is 4.40. The fourth-order valence-corrected chi connectivity index (χ4v) is 3.05. The number of benzene rings is 1. The van der Waals surface area contributed by atoms with Gasteiger partial charge in [-0.25, -0.2) is 0 Å². The minimum absolute atomic E-state index is 0.470. The SMILES string of the molecule is Cc1ccc2c(CC#N)c3c(nc2c1C)CCN(C)C3. The van der Waals surface area contributed by atoms with Crippen LogP contribution in [0.25, 0.3) is 10.9 Å². The number of nitriles is 1. The van der Waals surface area contributed by atoms with E-state index in [0.717, 1.165) is 30.4 Å². The number of aryl methyl sites for hydroxylation is 2. The van der Waals surface area contributed by atoms with E-state index in [1.807, 2.05) is 0 Å². The summed E-state index contributed by atoms with van der Waals surface area (Å²) in [5.74, 6) is 0. The standard InChI is InChI=1S/C17H19N3/c1-11-4-5-14-13(6-8-18)15-10-20(3)9-7-16(15)19-17(14)12(11)2/h4-5H,6-7,9-10H2,1-3H3. The molecule has 20 heavy (non-hydrogen) atoms. The molecule has 0 fully saturated rings. The zero-order valence-electron chi connectivity index (χ0n) is 12.3. The lowest BCUT2D eigenvalue weighted by molar-refractivity contribution is 0.309. The molecule has 0 radical (unpaired) electrons. The van der Waals surface area contributed by atoms with E-state index in [-0.39, 0.29) is 0 Å². The zero-order chi connectivity index (χ0) is 14.3. The second-order valence-electron chi connectivity index (χ2n) is 5.74. The number of aromatic nitrogens is 1. The average Bonchev–Trinajstić information content (AvgIpc) is 2.44. The van der Waals surface area contributed by atoms with Gasteiger partial charge in [0.05, 0.1) is 18.0 Å². The van der Waals surface area contributed by atoms with Gasteiger partial charge in [-0.1, -0.05) is 12.1 Å². The molecule has 1 aromatic carbocycles. The Hall–Kier alpha value is -1.92. The molecule has 0 N–H and O–H groups in total. The highest BCUT2D eigenvalue weighted by Crippen LogP contribution is 2.30. The lowest BCUT2D eigenvalue weighted by Gasteiger charge is -2.27. The first-order valence-corrected chi connectivity index (χ1v) is 7.08. The molecule has 0 aliphatic carbocycles. The Balaban J connectivity index is 2.35. The highest BCUT2D eigenvalue weighted by Gasteiger charge is 2.21. The van der Waals surface area contributed by atoms with Crippen molar-refractivity contribution in [1.82, 2.24) is 9.88 Å². The minimum Gasteiger partial charge on any atom is -0.302 e. The quantitative estimate of drug-likeness (QED) is 0.796. The van der Waals surface area contributed by atoms with Crippen LogP contribution in [0.2, 0.25) is 0 Å². The summed E-state index contributed by atoms with van der Waals surface area (Å²) in [5.41, 5.74) is 7.23. The van der Waals surface area contributed by atoms with Crippen molar-refractivity contribution in [1.29, 1.82) is 5.26 Å². The Morgan fingerprint density at radius 2 is 2.15 bits per heavy atom. The first kappa shape index (κ1) is 13.1. The molecular formula is C17H19N3. The minimum atomic E-state index is 0.470. The van der Waals surface area contributed by atoms with E-state index in [9.17, 15) is 5.26 Å². The molecule has 2 heterocycles. The maximum absolute atomic E-state index is 9.19. The fourth-order valence-electron chi connectivity index (χ4n) is 3.05. The van der Waals surface area contributed by atoms with E-state index >= 15 is 0 Å². The van der Waals surface area contributed by atoms with Crippen molar-refractivity contribution in [3.8, 4) is 6.07 Å². The van der Waals surface area contributed by atoms with Gasteiger partial charge in [0, 0.05) is 30.6 Å². The van der Waals surface area contributed by atoms with Gasteiger partial charge < -0.3 is 4.90 Å². The summed E-state index contributed by atoms with van der Waals surface area (Å²) in [6, 6.07) is 6.60. The van der Waals surface area contributed by atoms with Crippen molar-refractivity contribution in [3.63, 3.8) is 0 Å². The normalized spacial score (nSPS) is 15.1. The molecule has 0 spiro atoms. The molecule has 1 aromatic heterocycles. The van der Waals surface area contributed by atoms with Crippen molar-refractivity contribution in [2.45, 2.75) is 33.2 Å². The summed E-state index contributed by atoms with van der Waals surface area (Å²) >= 11 is 0. The van der Waals surface area contributed by atoms with Gasteiger partial charge in [-0.2, -0.15) is 5.26 Å². The van der Waals surface area contributed by atoms with Crippen LogP contribution < -0.4 is 0 Å². The maximum Gasteiger partial charge on any atom is 0.0740 e. The van der Waals surface area contributed by atoms with Gasteiger partial charge in [0.15, 0.2) is 0 Å². The fraction of sp³-hybridized carbons (Fsp3) is 0.412. The molecule has 0 saturated carbocycles. The number of nitrogens with zero attached hydrogens (tertiary/aromatic N) is 3. The van der Waals surface area contributed by atoms with Crippen LogP contribution in [-0.4, -0.2) is 23.5 Å². The van der Waals surface area contributed by atoms with Crippen molar-refractivity contribution in [2.24, 2.45) is 0 Å². The van der Waals surface area contributed by atoms with Crippen LogP contribution in [0.1, 0.15) is 27.9 Å². The van der Waals surface area contributed by atoms with Crippen molar-refractivity contribution in [3.05, 3.63) is 40.1 Å². The van der Waals surface area contributed by atoms with Crippen molar-refractivity contribution >= 4 is 10.9 Å². The lowest BCUT2D eigenvalue weighted by atomic mass is 9.92. The largest absolute Gasteiger partial charge is 0.302 e. The third kappa shape index (κ3) is 1.97. The summed E-state index contributed by atoms with van der Waals surface area (Å²) in [6.45, 7) is 6.19. The van der Waals surface area contributed by atoms with Crippen LogP contribution in [0.5, 0.6) is 0 Å². The topological polar surface area (TPSA) is 39.9 Å². The number of hydrogen-bond acceptors (Lipinski definition) is 3. The molecule has 1 aliphatic rings. The smallest absolute Gasteiger partial charge is 0.0740 e. The molecule has 102 valence electrons. The van der Waals surface area contributed by atoms with Gasteiger partial charge >= 0.3 is 0 Å². The molecular weight excluding hydrogens is 246 g/mol. The van der Waals surface area contributed by atoms with Crippen molar-refractivity contribution in [2.75, 3.05) is 13.6 Å². The molecule has 3 rings (SSSR count). The molecule has 0 atom stereocenters.